The lowest BCUT2D eigenvalue weighted by atomic mass is 9.97. The zero-order chi connectivity index (χ0) is 20.9. The second-order valence-electron chi connectivity index (χ2n) is 6.09. The molecule has 1 aliphatic heterocycles. The number of aliphatic carboxylic acids is 2. The molecule has 1 aliphatic rings. The number of carboxylic acids is 2. The smallest absolute Gasteiger partial charge is 0.490 e. The van der Waals surface area contributed by atoms with Crippen molar-refractivity contribution in [3.8, 4) is 5.75 Å². The fourth-order valence-corrected chi connectivity index (χ4v) is 2.93. The van der Waals surface area contributed by atoms with Gasteiger partial charge in [-0.1, -0.05) is 12.1 Å². The molecule has 0 spiro atoms. The Kier molecular flexibility index (Phi) is 6.66. The van der Waals surface area contributed by atoms with E-state index in [4.69, 9.17) is 19.7 Å². The molecular weight excluding hydrogens is 381 g/mol. The molecule has 1 aromatic carbocycles. The van der Waals surface area contributed by atoms with Crippen molar-refractivity contribution in [1.29, 1.82) is 0 Å². The van der Waals surface area contributed by atoms with Gasteiger partial charge >= 0.3 is 18.1 Å². The minimum atomic E-state index is -5.08. The molecule has 10 heteroatoms. The van der Waals surface area contributed by atoms with Crippen LogP contribution in [0.1, 0.15) is 12.8 Å². The predicted molar refractivity (Wildman–Crippen MR) is 94.6 cm³/mol. The lowest BCUT2D eigenvalue weighted by Gasteiger charge is -2.31. The Balaban J connectivity index is 0.000000345. The van der Waals surface area contributed by atoms with Crippen molar-refractivity contribution in [2.45, 2.75) is 19.0 Å². The Morgan fingerprint density at radius 3 is 2.25 bits per heavy atom. The minimum Gasteiger partial charge on any atom is -0.496 e. The van der Waals surface area contributed by atoms with Crippen LogP contribution in [0.2, 0.25) is 0 Å². The van der Waals surface area contributed by atoms with E-state index in [9.17, 15) is 18.0 Å². The molecule has 2 aromatic rings. The highest BCUT2D eigenvalue weighted by atomic mass is 19.4. The van der Waals surface area contributed by atoms with Crippen molar-refractivity contribution < 1.29 is 37.7 Å². The van der Waals surface area contributed by atoms with Gasteiger partial charge in [0.1, 0.15) is 11.6 Å². The molecule has 0 atom stereocenters. The highest BCUT2D eigenvalue weighted by Gasteiger charge is 2.38. The number of fused-ring (bicyclic) bond motifs is 1. The average molecular weight is 400 g/mol. The van der Waals surface area contributed by atoms with Gasteiger partial charge in [0.25, 0.3) is 0 Å². The van der Waals surface area contributed by atoms with Crippen LogP contribution in [0.15, 0.2) is 30.5 Å². The van der Waals surface area contributed by atoms with Gasteiger partial charge < -0.3 is 19.8 Å². The Morgan fingerprint density at radius 2 is 1.75 bits per heavy atom. The van der Waals surface area contributed by atoms with Gasteiger partial charge in [-0.15, -0.1) is 0 Å². The van der Waals surface area contributed by atoms with Crippen LogP contribution in [0.25, 0.3) is 10.8 Å². The van der Waals surface area contributed by atoms with E-state index in [0.717, 1.165) is 35.4 Å². The summed E-state index contributed by atoms with van der Waals surface area (Å²) in [6.07, 6.45) is -1.97. The summed E-state index contributed by atoms with van der Waals surface area (Å²) in [7, 11) is 1.66. The zero-order valence-corrected chi connectivity index (χ0v) is 14.9. The standard InChI is InChI=1S/C16H18N2O3.C2HF3O2/c1-21-14-4-2-3-13-12(14)5-8-17-15(13)18-9-6-11(7-10-18)16(19)20;3-2(4,5)1(6)7/h2-5,8,11H,6-7,9-10H2,1H3,(H,19,20);(H,6,7). The van der Waals surface area contributed by atoms with Gasteiger partial charge in [-0.05, 0) is 25.0 Å². The number of anilines is 1. The summed E-state index contributed by atoms with van der Waals surface area (Å²) in [4.78, 5) is 26.6. The van der Waals surface area contributed by atoms with Gasteiger partial charge in [0, 0.05) is 30.1 Å². The van der Waals surface area contributed by atoms with Crippen LogP contribution in [-0.2, 0) is 9.59 Å². The molecule has 7 nitrogen and oxygen atoms in total. The molecule has 28 heavy (non-hydrogen) atoms. The number of halogens is 3. The summed E-state index contributed by atoms with van der Waals surface area (Å²) in [5, 5.41) is 18.3. The molecular formula is C18H19F3N2O5. The monoisotopic (exact) mass is 400 g/mol. The molecule has 1 aromatic heterocycles. The molecule has 0 unspecified atom stereocenters. The van der Waals surface area contributed by atoms with Gasteiger partial charge in [0.15, 0.2) is 0 Å². The number of carbonyl (C=O) groups is 2. The highest BCUT2D eigenvalue weighted by Crippen LogP contribution is 2.32. The highest BCUT2D eigenvalue weighted by molar-refractivity contribution is 5.96. The molecule has 1 saturated heterocycles. The van der Waals surface area contributed by atoms with Crippen molar-refractivity contribution in [3.63, 3.8) is 0 Å². The van der Waals surface area contributed by atoms with Crippen molar-refractivity contribution in [2.24, 2.45) is 5.92 Å². The number of nitrogens with zero attached hydrogens (tertiary/aromatic N) is 2. The van der Waals surface area contributed by atoms with Crippen LogP contribution in [0.3, 0.4) is 0 Å². The Labute approximate surface area is 158 Å². The number of piperidine rings is 1. The zero-order valence-electron chi connectivity index (χ0n) is 14.9. The number of rotatable bonds is 3. The van der Waals surface area contributed by atoms with Crippen LogP contribution in [0, 0.1) is 5.92 Å². The molecule has 3 rings (SSSR count). The molecule has 0 bridgehead atoms. The fraction of sp³-hybridized carbons (Fsp3) is 0.389. The fourth-order valence-electron chi connectivity index (χ4n) is 2.93. The van der Waals surface area contributed by atoms with E-state index in [1.807, 2.05) is 24.3 Å². The first-order valence-electron chi connectivity index (χ1n) is 8.34. The first-order chi connectivity index (χ1) is 13.1. The summed E-state index contributed by atoms with van der Waals surface area (Å²) in [5.41, 5.74) is 0. The van der Waals surface area contributed by atoms with Crippen molar-refractivity contribution in [2.75, 3.05) is 25.1 Å². The number of alkyl halides is 3. The van der Waals surface area contributed by atoms with Crippen LogP contribution in [0.4, 0.5) is 19.0 Å². The molecule has 2 N–H and O–H groups in total. The molecule has 0 aliphatic carbocycles. The molecule has 1 fully saturated rings. The van der Waals surface area contributed by atoms with E-state index in [1.54, 1.807) is 13.3 Å². The summed E-state index contributed by atoms with van der Waals surface area (Å²) in [6, 6.07) is 7.87. The number of benzene rings is 1. The summed E-state index contributed by atoms with van der Waals surface area (Å²) >= 11 is 0. The number of hydrogen-bond acceptors (Lipinski definition) is 5. The maximum Gasteiger partial charge on any atom is 0.490 e. The lowest BCUT2D eigenvalue weighted by Crippen LogP contribution is -2.36. The van der Waals surface area contributed by atoms with E-state index in [0.29, 0.717) is 12.8 Å². The topological polar surface area (TPSA) is 100.0 Å². The molecule has 0 saturated carbocycles. The van der Waals surface area contributed by atoms with Crippen LogP contribution in [0.5, 0.6) is 5.75 Å². The molecule has 2 heterocycles. The second kappa shape index (κ2) is 8.77. The average Bonchev–Trinajstić information content (AvgIpc) is 2.66. The first kappa shape index (κ1) is 21.3. The third-order valence-corrected chi connectivity index (χ3v) is 4.35. The lowest BCUT2D eigenvalue weighted by molar-refractivity contribution is -0.192. The molecule has 0 amide bonds. The van der Waals surface area contributed by atoms with E-state index >= 15 is 0 Å². The predicted octanol–water partition coefficient (Wildman–Crippen LogP) is 3.18. The summed E-state index contributed by atoms with van der Waals surface area (Å²) < 4.78 is 37.1. The number of pyridine rings is 1. The number of hydrogen-bond donors (Lipinski definition) is 2. The van der Waals surface area contributed by atoms with E-state index in [-0.39, 0.29) is 5.92 Å². The minimum absolute atomic E-state index is 0.231. The van der Waals surface area contributed by atoms with Crippen molar-refractivity contribution >= 4 is 28.5 Å². The normalized spacial score (nSPS) is 14.9. The SMILES string of the molecule is COc1cccc2c(N3CCC(C(=O)O)CC3)nccc12.O=C(O)C(F)(F)F. The van der Waals surface area contributed by atoms with Crippen LogP contribution >= 0.6 is 0 Å². The van der Waals surface area contributed by atoms with Gasteiger partial charge in [-0.2, -0.15) is 13.2 Å². The number of methoxy groups -OCH3 is 1. The summed E-state index contributed by atoms with van der Waals surface area (Å²) in [6.45, 7) is 1.45. The van der Waals surface area contributed by atoms with Crippen LogP contribution < -0.4 is 9.64 Å². The third-order valence-electron chi connectivity index (χ3n) is 4.35. The van der Waals surface area contributed by atoms with Gasteiger partial charge in [-0.3, -0.25) is 4.79 Å². The number of carboxylic acid groups (broad SMARTS) is 2. The van der Waals surface area contributed by atoms with Crippen LogP contribution in [-0.4, -0.2) is 53.5 Å². The Bertz CT molecular complexity index is 849. The van der Waals surface area contributed by atoms with E-state index < -0.39 is 18.1 Å². The van der Waals surface area contributed by atoms with Gasteiger partial charge in [-0.25, -0.2) is 9.78 Å². The molecule has 152 valence electrons. The number of ether oxygens (including phenoxy) is 1. The van der Waals surface area contributed by atoms with Gasteiger partial charge in [0.2, 0.25) is 0 Å². The Morgan fingerprint density at radius 1 is 1.14 bits per heavy atom. The van der Waals surface area contributed by atoms with E-state index in [2.05, 4.69) is 9.88 Å². The van der Waals surface area contributed by atoms with Gasteiger partial charge in [0.05, 0.1) is 13.0 Å². The maximum absolute atomic E-state index is 11.0. The maximum atomic E-state index is 11.0. The molecule has 0 radical (unpaired) electrons. The Hall–Kier alpha value is -3.04. The number of aromatic nitrogens is 1. The quantitative estimate of drug-likeness (QED) is 0.816. The summed E-state index contributed by atoms with van der Waals surface area (Å²) in [5.74, 6) is -1.94. The van der Waals surface area contributed by atoms with Crippen molar-refractivity contribution in [1.82, 2.24) is 4.98 Å². The first-order valence-corrected chi connectivity index (χ1v) is 8.34. The second-order valence-corrected chi connectivity index (χ2v) is 6.09. The van der Waals surface area contributed by atoms with Crippen molar-refractivity contribution in [3.05, 3.63) is 30.5 Å². The third kappa shape index (κ3) is 5.02. The van der Waals surface area contributed by atoms with E-state index in [1.165, 1.54) is 0 Å². The largest absolute Gasteiger partial charge is 0.496 e.